The highest BCUT2D eigenvalue weighted by molar-refractivity contribution is 5.77. The standard InChI is InChI=1S/C28H46O4.C14H25NO5.CH4/c1-2-3-4-5-6-7-8-9-10-11-12-16-21-26(29)22-17-13-14-18-23-27(30)24-19-15-20-25-28(31)32;1-10(6-13(17)18)7-14(19)20-12(8-11(2)16)9-15(3,4)5;/h6-7,12,14-19,22,26-27,29-30H,2-5,8-11,13,20-21,23-25H2,1H3,(H,31,32);10,12H,6-9H2,1-5H3;1H4/p+1/b7-6-,16-12-,18-14-,19-15-,22-17-;;/t;10?,12-;/m.1./s1. The van der Waals surface area contributed by atoms with E-state index in [0.717, 1.165) is 12.8 Å². The van der Waals surface area contributed by atoms with Crippen LogP contribution in [0.25, 0.3) is 0 Å². The van der Waals surface area contributed by atoms with Crippen LogP contribution in [0, 0.1) is 5.92 Å². The number of Topliss-reactive ketones (excluding diaryl/α,β-unsaturated/α-hetero) is 1. The summed E-state index contributed by atoms with van der Waals surface area (Å²) in [4.78, 5) is 43.9. The van der Waals surface area contributed by atoms with Crippen molar-refractivity contribution in [3.8, 4) is 0 Å². The fraction of sp³-hybridized carbons (Fsp3) is 0.674. The Bertz CT molecular complexity index is 1100. The normalized spacial score (nSPS) is 14.3. The molecule has 0 aromatic rings. The van der Waals surface area contributed by atoms with Crippen LogP contribution in [0.4, 0.5) is 0 Å². The van der Waals surface area contributed by atoms with Crippen LogP contribution in [-0.4, -0.2) is 94.6 Å². The molecule has 3 unspecified atom stereocenters. The van der Waals surface area contributed by atoms with E-state index >= 15 is 0 Å². The molecule has 0 aliphatic carbocycles. The molecule has 0 rings (SSSR count). The Labute approximate surface area is 322 Å². The molecule has 0 aromatic heterocycles. The Morgan fingerprint density at radius 1 is 0.679 bits per heavy atom. The highest BCUT2D eigenvalue weighted by atomic mass is 16.5. The zero-order chi connectivity index (χ0) is 39.6. The van der Waals surface area contributed by atoms with Crippen molar-refractivity contribution in [2.24, 2.45) is 5.92 Å². The van der Waals surface area contributed by atoms with E-state index in [1.807, 2.05) is 51.5 Å². The number of esters is 1. The first kappa shape index (κ1) is 54.0. The molecule has 4 atom stereocenters. The number of quaternary nitrogens is 1. The lowest BCUT2D eigenvalue weighted by Crippen LogP contribution is -2.43. The van der Waals surface area contributed by atoms with Gasteiger partial charge < -0.3 is 29.6 Å². The molecule has 0 amide bonds. The van der Waals surface area contributed by atoms with Crippen molar-refractivity contribution in [2.75, 3.05) is 27.7 Å². The number of ether oxygens (including phenoxy) is 1. The number of ketones is 1. The molecule has 0 fully saturated rings. The highest BCUT2D eigenvalue weighted by Gasteiger charge is 2.24. The minimum absolute atomic E-state index is 0. The first-order valence-electron chi connectivity index (χ1n) is 19.1. The molecule has 0 aliphatic rings. The number of aliphatic hydroxyl groups excluding tert-OH is 2. The van der Waals surface area contributed by atoms with Crippen molar-refractivity contribution in [1.82, 2.24) is 0 Å². The first-order chi connectivity index (χ1) is 24.5. The van der Waals surface area contributed by atoms with Crippen molar-refractivity contribution in [1.29, 1.82) is 0 Å². The van der Waals surface area contributed by atoms with E-state index in [4.69, 9.17) is 14.9 Å². The van der Waals surface area contributed by atoms with Gasteiger partial charge in [-0.25, -0.2) is 0 Å². The summed E-state index contributed by atoms with van der Waals surface area (Å²) in [6.45, 7) is 5.93. The number of nitrogens with zero attached hydrogens (tertiary/aromatic N) is 1. The Hall–Kier alpha value is -3.34. The number of carbonyl (C=O) groups excluding carboxylic acids is 2. The summed E-state index contributed by atoms with van der Waals surface area (Å²) in [5.41, 5.74) is 0. The van der Waals surface area contributed by atoms with Gasteiger partial charge in [0.05, 0.1) is 33.4 Å². The van der Waals surface area contributed by atoms with Gasteiger partial charge in [0.25, 0.3) is 0 Å². The maximum atomic E-state index is 11.8. The van der Waals surface area contributed by atoms with Crippen LogP contribution in [0.15, 0.2) is 60.8 Å². The van der Waals surface area contributed by atoms with Crippen LogP contribution in [-0.2, 0) is 23.9 Å². The molecular formula is C43H76NO9+. The summed E-state index contributed by atoms with van der Waals surface area (Å²) in [5.74, 6) is -2.49. The summed E-state index contributed by atoms with van der Waals surface area (Å²) in [7, 11) is 5.86. The number of allylic oxidation sites excluding steroid dienone is 6. The molecule has 10 nitrogen and oxygen atoms in total. The van der Waals surface area contributed by atoms with Crippen LogP contribution < -0.4 is 0 Å². The van der Waals surface area contributed by atoms with Gasteiger partial charge in [-0.05, 0) is 83.5 Å². The van der Waals surface area contributed by atoms with Gasteiger partial charge in [0.1, 0.15) is 12.3 Å². The highest BCUT2D eigenvalue weighted by Crippen LogP contribution is 2.13. The summed E-state index contributed by atoms with van der Waals surface area (Å²) in [6.07, 6.45) is 31.8. The first-order valence-corrected chi connectivity index (χ1v) is 19.1. The predicted molar refractivity (Wildman–Crippen MR) is 217 cm³/mol. The molecule has 0 radical (unpaired) electrons. The number of rotatable bonds is 30. The number of hydrogen-bond donors (Lipinski definition) is 4. The monoisotopic (exact) mass is 751 g/mol. The van der Waals surface area contributed by atoms with E-state index in [0.29, 0.717) is 36.7 Å². The maximum absolute atomic E-state index is 11.8. The number of hydrogen-bond acceptors (Lipinski definition) is 7. The number of aliphatic hydroxyl groups is 2. The predicted octanol–water partition coefficient (Wildman–Crippen LogP) is 8.78. The van der Waals surface area contributed by atoms with E-state index in [2.05, 4.69) is 31.2 Å². The molecule has 0 aliphatic heterocycles. The lowest BCUT2D eigenvalue weighted by molar-refractivity contribution is -0.873. The van der Waals surface area contributed by atoms with Crippen molar-refractivity contribution >= 4 is 23.7 Å². The number of carboxylic acid groups (broad SMARTS) is 2. The number of unbranched alkanes of at least 4 members (excludes halogenated alkanes) is 6. The molecule has 4 N–H and O–H groups in total. The van der Waals surface area contributed by atoms with Gasteiger partial charge in [-0.1, -0.05) is 94.9 Å². The third-order valence-corrected chi connectivity index (χ3v) is 7.58. The third kappa shape index (κ3) is 44.7. The molecule has 0 aromatic carbocycles. The number of likely N-dealkylation sites (N-methyl/N-ethyl adjacent to an activating group) is 1. The molecule has 10 heteroatoms. The van der Waals surface area contributed by atoms with Crippen LogP contribution in [0.5, 0.6) is 0 Å². The summed E-state index contributed by atoms with van der Waals surface area (Å²) in [6, 6.07) is 0. The lowest BCUT2D eigenvalue weighted by Gasteiger charge is -2.28. The quantitative estimate of drug-likeness (QED) is 0.0244. The Balaban J connectivity index is -0.00000103. The molecular weight excluding hydrogens is 674 g/mol. The van der Waals surface area contributed by atoms with Crippen LogP contribution in [0.3, 0.4) is 0 Å². The second-order valence-corrected chi connectivity index (χ2v) is 14.6. The van der Waals surface area contributed by atoms with E-state index in [9.17, 15) is 29.4 Å². The van der Waals surface area contributed by atoms with Crippen molar-refractivity contribution in [3.63, 3.8) is 0 Å². The zero-order valence-electron chi connectivity index (χ0n) is 33.1. The molecule has 0 spiro atoms. The Morgan fingerprint density at radius 2 is 1.21 bits per heavy atom. The van der Waals surface area contributed by atoms with E-state index in [1.54, 1.807) is 13.0 Å². The average Bonchev–Trinajstić information content (AvgIpc) is 3.01. The van der Waals surface area contributed by atoms with Gasteiger partial charge in [0.2, 0.25) is 0 Å². The minimum Gasteiger partial charge on any atom is -0.481 e. The van der Waals surface area contributed by atoms with Gasteiger partial charge in [0, 0.05) is 25.7 Å². The van der Waals surface area contributed by atoms with E-state index < -0.39 is 36.2 Å². The summed E-state index contributed by atoms with van der Waals surface area (Å²) in [5, 5.41) is 37.0. The summed E-state index contributed by atoms with van der Waals surface area (Å²) >= 11 is 0. The zero-order valence-corrected chi connectivity index (χ0v) is 33.1. The molecule has 53 heavy (non-hydrogen) atoms. The van der Waals surface area contributed by atoms with E-state index in [1.165, 1.54) is 51.9 Å². The molecule has 0 bridgehead atoms. The van der Waals surface area contributed by atoms with Gasteiger partial charge >= 0.3 is 17.9 Å². The van der Waals surface area contributed by atoms with Crippen LogP contribution >= 0.6 is 0 Å². The molecule has 0 saturated carbocycles. The SMILES string of the molecule is C.CC(=O)C[C@H](C[N+](C)(C)C)OC(=O)CC(C)CC(=O)O.CCCCC/C=C\CCCC/C=C\CC(O)/C=C\C/C=C\CC(O)C/C=C\CCC(=O)O. The van der Waals surface area contributed by atoms with Crippen LogP contribution in [0.2, 0.25) is 0 Å². The maximum Gasteiger partial charge on any atom is 0.306 e. The number of aliphatic carboxylic acids is 2. The molecule has 0 saturated heterocycles. The van der Waals surface area contributed by atoms with E-state index in [-0.39, 0.29) is 44.8 Å². The van der Waals surface area contributed by atoms with Crippen molar-refractivity contribution in [2.45, 2.75) is 156 Å². The second-order valence-electron chi connectivity index (χ2n) is 14.6. The Kier molecular flexibility index (Phi) is 36.4. The fourth-order valence-electron chi connectivity index (χ4n) is 5.01. The lowest BCUT2D eigenvalue weighted by atomic mass is 10.0. The van der Waals surface area contributed by atoms with Gasteiger partial charge in [-0.2, -0.15) is 0 Å². The smallest absolute Gasteiger partial charge is 0.306 e. The Morgan fingerprint density at radius 3 is 1.74 bits per heavy atom. The fourth-order valence-corrected chi connectivity index (χ4v) is 5.01. The summed E-state index contributed by atoms with van der Waals surface area (Å²) < 4.78 is 5.90. The van der Waals surface area contributed by atoms with Gasteiger partial charge in [-0.15, -0.1) is 0 Å². The number of carboxylic acids is 2. The van der Waals surface area contributed by atoms with Crippen molar-refractivity contribution < 1.29 is 48.8 Å². The second kappa shape index (κ2) is 35.7. The molecule has 306 valence electrons. The third-order valence-electron chi connectivity index (χ3n) is 7.58. The van der Waals surface area contributed by atoms with Gasteiger partial charge in [-0.3, -0.25) is 19.2 Å². The average molecular weight is 751 g/mol. The minimum atomic E-state index is -0.933. The van der Waals surface area contributed by atoms with Gasteiger partial charge in [0.15, 0.2) is 6.10 Å². The topological polar surface area (TPSA) is 158 Å². The molecule has 0 heterocycles. The largest absolute Gasteiger partial charge is 0.481 e. The van der Waals surface area contributed by atoms with Crippen LogP contribution in [0.1, 0.15) is 137 Å². The van der Waals surface area contributed by atoms with Crippen molar-refractivity contribution in [3.05, 3.63) is 60.8 Å². The number of carbonyl (C=O) groups is 4.